The summed E-state index contributed by atoms with van der Waals surface area (Å²) in [7, 11) is 1.37. The van der Waals surface area contributed by atoms with Gasteiger partial charge < -0.3 is 9.26 Å². The van der Waals surface area contributed by atoms with Gasteiger partial charge in [0.2, 0.25) is 0 Å². The van der Waals surface area contributed by atoms with Crippen molar-refractivity contribution in [3.8, 4) is 0 Å². The van der Waals surface area contributed by atoms with Crippen LogP contribution >= 0.6 is 0 Å². The van der Waals surface area contributed by atoms with Gasteiger partial charge in [-0.1, -0.05) is 6.92 Å². The molecule has 17 heavy (non-hydrogen) atoms. The van der Waals surface area contributed by atoms with Crippen LogP contribution in [0, 0.1) is 12.3 Å². The number of esters is 1. The Morgan fingerprint density at radius 2 is 2.18 bits per heavy atom. The molecule has 0 amide bonds. The molecule has 1 aliphatic rings. The predicted molar refractivity (Wildman–Crippen MR) is 60.8 cm³/mol. The van der Waals surface area contributed by atoms with Crippen molar-refractivity contribution in [3.63, 3.8) is 0 Å². The van der Waals surface area contributed by atoms with Crippen LogP contribution < -0.4 is 5.56 Å². The number of carbonyl (C=O) groups excluding carboxylic acids is 1. The fourth-order valence-corrected chi connectivity index (χ4v) is 2.14. The molecule has 1 aromatic heterocycles. The van der Waals surface area contributed by atoms with Crippen LogP contribution in [0.25, 0.3) is 0 Å². The quantitative estimate of drug-likeness (QED) is 0.742. The summed E-state index contributed by atoms with van der Waals surface area (Å²) in [5.41, 5.74) is 0.0271. The highest BCUT2D eigenvalue weighted by Crippen LogP contribution is 2.48. The molecule has 0 aromatic carbocycles. The normalized spacial score (nSPS) is 16.9. The molecule has 2 rings (SSSR count). The summed E-state index contributed by atoms with van der Waals surface area (Å²) in [5.74, 6) is 0.384. The van der Waals surface area contributed by atoms with Crippen molar-refractivity contribution in [2.24, 2.45) is 5.41 Å². The van der Waals surface area contributed by atoms with Gasteiger partial charge in [0, 0.05) is 0 Å². The Labute approximate surface area is 99.3 Å². The number of hydrogen-bond donors (Lipinski definition) is 0. The van der Waals surface area contributed by atoms with Gasteiger partial charge in [0.25, 0.3) is 5.56 Å². The number of rotatable bonds is 4. The zero-order chi connectivity index (χ0) is 12.6. The SMILES string of the molecule is CCc1c(C)on(CC2(C(=O)OC)CC2)c1=O. The average Bonchev–Trinajstić information content (AvgIpc) is 3.03. The summed E-state index contributed by atoms with van der Waals surface area (Å²) < 4.78 is 11.4. The Kier molecular flexibility index (Phi) is 2.85. The number of carbonyl (C=O) groups is 1. The largest absolute Gasteiger partial charge is 0.469 e. The molecule has 1 aliphatic carbocycles. The molecule has 0 atom stereocenters. The number of methoxy groups -OCH3 is 1. The van der Waals surface area contributed by atoms with Crippen LogP contribution in [-0.2, 0) is 22.5 Å². The Morgan fingerprint density at radius 1 is 1.53 bits per heavy atom. The Hall–Kier alpha value is -1.52. The summed E-state index contributed by atoms with van der Waals surface area (Å²) >= 11 is 0. The fraction of sp³-hybridized carbons (Fsp3) is 0.667. The van der Waals surface area contributed by atoms with Crippen LogP contribution in [0.4, 0.5) is 0 Å². The molecular weight excluding hydrogens is 222 g/mol. The molecule has 0 bridgehead atoms. The van der Waals surface area contributed by atoms with Crippen molar-refractivity contribution in [3.05, 3.63) is 21.7 Å². The lowest BCUT2D eigenvalue weighted by molar-refractivity contribution is -0.148. The first kappa shape index (κ1) is 12.0. The van der Waals surface area contributed by atoms with Crippen LogP contribution in [-0.4, -0.2) is 17.8 Å². The molecule has 0 unspecified atom stereocenters. The molecular formula is C12H17NO4. The molecule has 0 saturated heterocycles. The molecule has 1 saturated carbocycles. The second-order valence-electron chi connectivity index (χ2n) is 4.59. The van der Waals surface area contributed by atoms with E-state index in [9.17, 15) is 9.59 Å². The lowest BCUT2D eigenvalue weighted by atomic mass is 10.1. The standard InChI is InChI=1S/C12H17NO4/c1-4-9-8(2)17-13(10(9)14)7-12(5-6-12)11(15)16-3/h4-7H2,1-3H3. The van der Waals surface area contributed by atoms with E-state index < -0.39 is 5.41 Å². The molecule has 5 heteroatoms. The first-order chi connectivity index (χ1) is 8.04. The number of aromatic nitrogens is 1. The van der Waals surface area contributed by atoms with Crippen LogP contribution in [0.15, 0.2) is 9.32 Å². The molecule has 1 aromatic rings. The number of ether oxygens (including phenoxy) is 1. The Bertz CT molecular complexity index is 493. The predicted octanol–water partition coefficient (Wildman–Crippen LogP) is 1.27. The highest BCUT2D eigenvalue weighted by atomic mass is 16.5. The molecule has 1 fully saturated rings. The summed E-state index contributed by atoms with van der Waals surface area (Å²) in [4.78, 5) is 23.5. The van der Waals surface area contributed by atoms with Crippen molar-refractivity contribution >= 4 is 5.97 Å². The second-order valence-corrected chi connectivity index (χ2v) is 4.59. The Balaban J connectivity index is 2.26. The van der Waals surface area contributed by atoms with Gasteiger partial charge in [-0.3, -0.25) is 9.59 Å². The highest BCUT2D eigenvalue weighted by Gasteiger charge is 2.52. The van der Waals surface area contributed by atoms with Crippen molar-refractivity contribution in [2.75, 3.05) is 7.11 Å². The maximum atomic E-state index is 12.0. The monoisotopic (exact) mass is 239 g/mol. The van der Waals surface area contributed by atoms with E-state index in [4.69, 9.17) is 9.26 Å². The first-order valence-electron chi connectivity index (χ1n) is 5.82. The van der Waals surface area contributed by atoms with Crippen LogP contribution in [0.3, 0.4) is 0 Å². The van der Waals surface area contributed by atoms with Crippen molar-refractivity contribution in [2.45, 2.75) is 39.7 Å². The van der Waals surface area contributed by atoms with Gasteiger partial charge in [-0.25, -0.2) is 0 Å². The molecule has 5 nitrogen and oxygen atoms in total. The molecule has 0 N–H and O–H groups in total. The van der Waals surface area contributed by atoms with Crippen LogP contribution in [0.2, 0.25) is 0 Å². The van der Waals surface area contributed by atoms with E-state index in [1.165, 1.54) is 11.8 Å². The lowest BCUT2D eigenvalue weighted by Gasteiger charge is -2.11. The van der Waals surface area contributed by atoms with E-state index in [1.54, 1.807) is 6.92 Å². The zero-order valence-corrected chi connectivity index (χ0v) is 10.4. The van der Waals surface area contributed by atoms with Crippen molar-refractivity contribution < 1.29 is 14.1 Å². The summed E-state index contributed by atoms with van der Waals surface area (Å²) in [6, 6.07) is 0. The van der Waals surface area contributed by atoms with Gasteiger partial charge in [0.05, 0.1) is 24.6 Å². The fourth-order valence-electron chi connectivity index (χ4n) is 2.14. The second kappa shape index (κ2) is 4.05. The zero-order valence-electron chi connectivity index (χ0n) is 10.4. The van der Waals surface area contributed by atoms with E-state index >= 15 is 0 Å². The van der Waals surface area contributed by atoms with Gasteiger partial charge >= 0.3 is 5.97 Å². The average molecular weight is 239 g/mol. The smallest absolute Gasteiger partial charge is 0.313 e. The third kappa shape index (κ3) is 1.90. The first-order valence-corrected chi connectivity index (χ1v) is 5.82. The van der Waals surface area contributed by atoms with Crippen molar-refractivity contribution in [1.29, 1.82) is 0 Å². The van der Waals surface area contributed by atoms with Gasteiger partial charge in [-0.2, -0.15) is 4.74 Å². The minimum absolute atomic E-state index is 0.125. The van der Waals surface area contributed by atoms with Crippen LogP contribution in [0.5, 0.6) is 0 Å². The van der Waals surface area contributed by atoms with Gasteiger partial charge in [0.15, 0.2) is 0 Å². The third-order valence-electron chi connectivity index (χ3n) is 3.43. The summed E-state index contributed by atoms with van der Waals surface area (Å²) in [6.45, 7) is 3.98. The van der Waals surface area contributed by atoms with E-state index in [2.05, 4.69) is 0 Å². The van der Waals surface area contributed by atoms with Crippen molar-refractivity contribution in [1.82, 2.24) is 4.74 Å². The van der Waals surface area contributed by atoms with Gasteiger partial charge in [0.1, 0.15) is 5.76 Å². The van der Waals surface area contributed by atoms with Crippen LogP contribution in [0.1, 0.15) is 31.1 Å². The molecule has 0 aliphatic heterocycles. The molecule has 0 spiro atoms. The number of hydrogen-bond acceptors (Lipinski definition) is 4. The maximum Gasteiger partial charge on any atom is 0.313 e. The molecule has 94 valence electrons. The van der Waals surface area contributed by atoms with Gasteiger partial charge in [-0.15, -0.1) is 0 Å². The topological polar surface area (TPSA) is 61.4 Å². The summed E-state index contributed by atoms with van der Waals surface area (Å²) in [5, 5.41) is 0. The summed E-state index contributed by atoms with van der Waals surface area (Å²) in [6.07, 6.45) is 2.16. The third-order valence-corrected chi connectivity index (χ3v) is 3.43. The minimum atomic E-state index is -0.534. The molecule has 1 heterocycles. The molecule has 0 radical (unpaired) electrons. The maximum absolute atomic E-state index is 12.0. The lowest BCUT2D eigenvalue weighted by Crippen LogP contribution is -2.28. The van der Waals surface area contributed by atoms with E-state index in [-0.39, 0.29) is 11.5 Å². The number of aryl methyl sites for hydroxylation is 1. The highest BCUT2D eigenvalue weighted by molar-refractivity contribution is 5.79. The minimum Gasteiger partial charge on any atom is -0.469 e. The van der Waals surface area contributed by atoms with E-state index in [0.29, 0.717) is 24.3 Å². The van der Waals surface area contributed by atoms with E-state index in [0.717, 1.165) is 12.8 Å². The number of nitrogens with zero attached hydrogens (tertiary/aromatic N) is 1. The van der Waals surface area contributed by atoms with E-state index in [1.807, 2.05) is 6.92 Å². The van der Waals surface area contributed by atoms with Gasteiger partial charge in [-0.05, 0) is 26.2 Å². The Morgan fingerprint density at radius 3 is 2.59 bits per heavy atom.